The normalized spacial score (nSPS) is 10.4. The summed E-state index contributed by atoms with van der Waals surface area (Å²) in [5.74, 6) is -0.430. The van der Waals surface area contributed by atoms with Crippen molar-refractivity contribution in [1.82, 2.24) is 20.0 Å². The van der Waals surface area contributed by atoms with Crippen LogP contribution in [0.25, 0.3) is 5.69 Å². The first-order valence-corrected chi connectivity index (χ1v) is 7.02. The fourth-order valence-corrected chi connectivity index (χ4v) is 2.24. The zero-order valence-corrected chi connectivity index (χ0v) is 13.3. The predicted octanol–water partition coefficient (Wildman–Crippen LogP) is 1.31. The molecule has 0 spiro atoms. The number of amides is 2. The van der Waals surface area contributed by atoms with E-state index in [4.69, 9.17) is 0 Å². The third-order valence-corrected chi connectivity index (χ3v) is 3.59. The summed E-state index contributed by atoms with van der Waals surface area (Å²) in [4.78, 5) is 25.2. The summed E-state index contributed by atoms with van der Waals surface area (Å²) < 4.78 is 1.75. The smallest absolute Gasteiger partial charge is 0.257 e. The van der Waals surface area contributed by atoms with Crippen LogP contribution in [-0.2, 0) is 4.79 Å². The maximum absolute atomic E-state index is 12.4. The highest BCUT2D eigenvalue weighted by Gasteiger charge is 2.20. The van der Waals surface area contributed by atoms with Crippen LogP contribution in [0.3, 0.4) is 0 Å². The zero-order valence-electron chi connectivity index (χ0n) is 13.3. The molecule has 22 heavy (non-hydrogen) atoms. The van der Waals surface area contributed by atoms with E-state index in [0.717, 1.165) is 16.9 Å². The Labute approximate surface area is 129 Å². The molecule has 0 unspecified atom stereocenters. The molecule has 2 amide bonds. The number of hydrogen-bond acceptors (Lipinski definition) is 3. The Morgan fingerprint density at radius 1 is 1.27 bits per heavy atom. The van der Waals surface area contributed by atoms with Crippen molar-refractivity contribution in [2.24, 2.45) is 0 Å². The van der Waals surface area contributed by atoms with Crippen LogP contribution in [0.5, 0.6) is 0 Å². The molecule has 1 aromatic heterocycles. The van der Waals surface area contributed by atoms with Gasteiger partial charge in [-0.2, -0.15) is 5.10 Å². The third-order valence-electron chi connectivity index (χ3n) is 3.59. The number of para-hydroxylation sites is 1. The largest absolute Gasteiger partial charge is 0.358 e. The first-order chi connectivity index (χ1) is 10.5. The van der Waals surface area contributed by atoms with E-state index in [1.165, 1.54) is 4.90 Å². The lowest BCUT2D eigenvalue weighted by Crippen LogP contribution is -2.37. The summed E-state index contributed by atoms with van der Waals surface area (Å²) >= 11 is 0. The van der Waals surface area contributed by atoms with Gasteiger partial charge in [-0.3, -0.25) is 9.59 Å². The average Bonchev–Trinajstić information content (AvgIpc) is 2.88. The van der Waals surface area contributed by atoms with E-state index in [0.29, 0.717) is 5.56 Å². The Morgan fingerprint density at radius 3 is 2.59 bits per heavy atom. The molecule has 2 aromatic rings. The summed E-state index contributed by atoms with van der Waals surface area (Å²) in [7, 11) is 3.14. The Balaban J connectivity index is 2.30. The molecular formula is C16H20N4O2. The molecule has 6 nitrogen and oxygen atoms in total. The molecule has 0 saturated carbocycles. The van der Waals surface area contributed by atoms with E-state index >= 15 is 0 Å². The van der Waals surface area contributed by atoms with Gasteiger partial charge in [-0.1, -0.05) is 18.2 Å². The lowest BCUT2D eigenvalue weighted by molar-refractivity contribution is -0.121. The number of nitrogens with zero attached hydrogens (tertiary/aromatic N) is 3. The van der Waals surface area contributed by atoms with Crippen LogP contribution in [0, 0.1) is 13.8 Å². The highest BCUT2D eigenvalue weighted by atomic mass is 16.2. The molecule has 0 radical (unpaired) electrons. The van der Waals surface area contributed by atoms with E-state index in [-0.39, 0.29) is 18.4 Å². The maximum Gasteiger partial charge on any atom is 0.257 e. The van der Waals surface area contributed by atoms with Crippen molar-refractivity contribution in [3.05, 3.63) is 47.3 Å². The van der Waals surface area contributed by atoms with Gasteiger partial charge in [-0.15, -0.1) is 0 Å². The molecule has 0 aliphatic rings. The number of benzene rings is 1. The van der Waals surface area contributed by atoms with E-state index < -0.39 is 0 Å². The van der Waals surface area contributed by atoms with Crippen LogP contribution >= 0.6 is 0 Å². The van der Waals surface area contributed by atoms with Gasteiger partial charge < -0.3 is 10.2 Å². The molecule has 0 bridgehead atoms. The van der Waals surface area contributed by atoms with Crippen LogP contribution in [0.2, 0.25) is 0 Å². The SMILES string of the molecule is CNC(=O)CN(C)C(=O)c1cnn(-c2ccccc2C)c1C. The Morgan fingerprint density at radius 2 is 1.95 bits per heavy atom. The second-order valence-corrected chi connectivity index (χ2v) is 5.18. The quantitative estimate of drug-likeness (QED) is 0.925. The molecule has 1 aromatic carbocycles. The van der Waals surface area contributed by atoms with Crippen molar-refractivity contribution in [3.8, 4) is 5.69 Å². The Kier molecular flexibility index (Phi) is 4.60. The number of nitrogens with one attached hydrogen (secondary N) is 1. The number of carbonyl (C=O) groups excluding carboxylic acids is 2. The predicted molar refractivity (Wildman–Crippen MR) is 84.1 cm³/mol. The number of likely N-dealkylation sites (N-methyl/N-ethyl adjacent to an activating group) is 2. The van der Waals surface area contributed by atoms with Crippen molar-refractivity contribution >= 4 is 11.8 Å². The summed E-state index contributed by atoms with van der Waals surface area (Å²) in [5, 5.41) is 6.82. The van der Waals surface area contributed by atoms with Gasteiger partial charge in [0.05, 0.1) is 29.7 Å². The lowest BCUT2D eigenvalue weighted by atomic mass is 10.2. The standard InChI is InChI=1S/C16H20N4O2/c1-11-7-5-6-8-14(11)20-12(2)13(9-18-20)16(22)19(4)10-15(21)17-3/h5-9H,10H2,1-4H3,(H,17,21). The molecule has 116 valence electrons. The van der Waals surface area contributed by atoms with Crippen LogP contribution in [0.4, 0.5) is 0 Å². The first-order valence-electron chi connectivity index (χ1n) is 7.02. The highest BCUT2D eigenvalue weighted by Crippen LogP contribution is 2.18. The lowest BCUT2D eigenvalue weighted by Gasteiger charge is -2.16. The Bertz CT molecular complexity index is 706. The summed E-state index contributed by atoms with van der Waals surface area (Å²) in [5.41, 5.74) is 3.26. The molecule has 6 heteroatoms. The average molecular weight is 300 g/mol. The number of rotatable bonds is 4. The fourth-order valence-electron chi connectivity index (χ4n) is 2.24. The molecule has 0 saturated heterocycles. The van der Waals surface area contributed by atoms with Gasteiger partial charge in [-0.25, -0.2) is 4.68 Å². The molecule has 0 fully saturated rings. The van der Waals surface area contributed by atoms with Gasteiger partial charge in [0, 0.05) is 14.1 Å². The van der Waals surface area contributed by atoms with Gasteiger partial charge in [0.2, 0.25) is 5.91 Å². The number of aryl methyl sites for hydroxylation is 1. The van der Waals surface area contributed by atoms with Crippen molar-refractivity contribution < 1.29 is 9.59 Å². The summed E-state index contributed by atoms with van der Waals surface area (Å²) in [6, 6.07) is 7.84. The minimum Gasteiger partial charge on any atom is -0.358 e. The Hall–Kier alpha value is -2.63. The van der Waals surface area contributed by atoms with E-state index in [9.17, 15) is 9.59 Å². The van der Waals surface area contributed by atoms with E-state index in [2.05, 4.69) is 10.4 Å². The molecular weight excluding hydrogens is 280 g/mol. The highest BCUT2D eigenvalue weighted by molar-refractivity contribution is 5.97. The van der Waals surface area contributed by atoms with Gasteiger partial charge in [0.25, 0.3) is 5.91 Å². The monoisotopic (exact) mass is 300 g/mol. The zero-order chi connectivity index (χ0) is 16.3. The minimum atomic E-state index is -0.221. The van der Waals surface area contributed by atoms with E-state index in [1.54, 1.807) is 25.0 Å². The van der Waals surface area contributed by atoms with Crippen LogP contribution < -0.4 is 5.32 Å². The second kappa shape index (κ2) is 6.43. The molecule has 2 rings (SSSR count). The minimum absolute atomic E-state index is 0.0182. The molecule has 1 N–H and O–H groups in total. The van der Waals surface area contributed by atoms with Gasteiger partial charge >= 0.3 is 0 Å². The van der Waals surface area contributed by atoms with Crippen molar-refractivity contribution in [3.63, 3.8) is 0 Å². The van der Waals surface area contributed by atoms with Crippen LogP contribution in [0.1, 0.15) is 21.6 Å². The van der Waals surface area contributed by atoms with Crippen molar-refractivity contribution in [1.29, 1.82) is 0 Å². The molecule has 0 aliphatic carbocycles. The second-order valence-electron chi connectivity index (χ2n) is 5.18. The van der Waals surface area contributed by atoms with Gasteiger partial charge in [0.15, 0.2) is 0 Å². The first kappa shape index (κ1) is 15.8. The molecule has 0 aliphatic heterocycles. The van der Waals surface area contributed by atoms with Crippen molar-refractivity contribution in [2.45, 2.75) is 13.8 Å². The van der Waals surface area contributed by atoms with Crippen molar-refractivity contribution in [2.75, 3.05) is 20.6 Å². The van der Waals surface area contributed by atoms with Crippen LogP contribution in [-0.4, -0.2) is 47.1 Å². The molecule has 1 heterocycles. The summed E-state index contributed by atoms with van der Waals surface area (Å²) in [6.07, 6.45) is 1.55. The number of aromatic nitrogens is 2. The maximum atomic E-state index is 12.4. The third kappa shape index (κ3) is 3.00. The van der Waals surface area contributed by atoms with Gasteiger partial charge in [-0.05, 0) is 25.5 Å². The number of hydrogen-bond donors (Lipinski definition) is 1. The topological polar surface area (TPSA) is 67.2 Å². The van der Waals surface area contributed by atoms with Gasteiger partial charge in [0.1, 0.15) is 0 Å². The van der Waals surface area contributed by atoms with E-state index in [1.807, 2.05) is 38.1 Å². The number of carbonyl (C=O) groups is 2. The van der Waals surface area contributed by atoms with Crippen LogP contribution in [0.15, 0.2) is 30.5 Å². The fraction of sp³-hybridized carbons (Fsp3) is 0.312. The summed E-state index contributed by atoms with van der Waals surface area (Å²) in [6.45, 7) is 3.86. The molecule has 0 atom stereocenters.